The lowest BCUT2D eigenvalue weighted by Gasteiger charge is -2.11. The summed E-state index contributed by atoms with van der Waals surface area (Å²) in [6.07, 6.45) is 6.20. The molecule has 0 heterocycles. The first kappa shape index (κ1) is 14.2. The van der Waals surface area contributed by atoms with Gasteiger partial charge in [-0.25, -0.2) is 0 Å². The highest BCUT2D eigenvalue weighted by Crippen LogP contribution is 2.43. The Hall–Kier alpha value is 0.150. The van der Waals surface area contributed by atoms with Crippen LogP contribution in [0.4, 0.5) is 0 Å². The number of hydrogen-bond donors (Lipinski definition) is 1. The fourth-order valence-electron chi connectivity index (χ4n) is 1.74. The molecule has 0 amide bonds. The van der Waals surface area contributed by atoms with Crippen molar-refractivity contribution in [1.82, 2.24) is 0 Å². The van der Waals surface area contributed by atoms with Gasteiger partial charge in [0.25, 0.3) is 0 Å². The summed E-state index contributed by atoms with van der Waals surface area (Å²) >= 11 is 0. The molecule has 4 heteroatoms. The van der Waals surface area contributed by atoms with Gasteiger partial charge in [0.1, 0.15) is 0 Å². The van der Waals surface area contributed by atoms with E-state index in [1.165, 1.54) is 32.8 Å². The fraction of sp³-hybridized carbons (Fsp3) is 1.00. The Kier molecular flexibility index (Phi) is 7.52. The highest BCUT2D eigenvalue weighted by atomic mass is 31.2. The van der Waals surface area contributed by atoms with Crippen molar-refractivity contribution >= 4 is 7.60 Å². The van der Waals surface area contributed by atoms with Crippen LogP contribution in [0.15, 0.2) is 0 Å². The monoisotopic (exact) mass is 222 g/mol. The van der Waals surface area contributed by atoms with Gasteiger partial charge in [-0.3, -0.25) is 4.57 Å². The van der Waals surface area contributed by atoms with Crippen molar-refractivity contribution in [2.24, 2.45) is 5.92 Å². The molecule has 1 atom stereocenters. The van der Waals surface area contributed by atoms with Gasteiger partial charge in [0, 0.05) is 7.11 Å². The summed E-state index contributed by atoms with van der Waals surface area (Å²) < 4.78 is 15.6. The zero-order valence-corrected chi connectivity index (χ0v) is 10.4. The first-order chi connectivity index (χ1) is 6.64. The molecule has 0 aromatic rings. The summed E-state index contributed by atoms with van der Waals surface area (Å²) in [5.74, 6) is 0.667. The van der Waals surface area contributed by atoms with Crippen molar-refractivity contribution in [3.8, 4) is 0 Å². The van der Waals surface area contributed by atoms with E-state index in [4.69, 9.17) is 4.89 Å². The quantitative estimate of drug-likeness (QED) is 0.741. The molecule has 14 heavy (non-hydrogen) atoms. The second-order valence-corrected chi connectivity index (χ2v) is 5.57. The van der Waals surface area contributed by atoms with Gasteiger partial charge in [-0.1, -0.05) is 39.5 Å². The van der Waals surface area contributed by atoms with E-state index in [0.717, 1.165) is 6.42 Å². The maximum Gasteiger partial charge on any atom is 0.327 e. The van der Waals surface area contributed by atoms with Gasteiger partial charge in [-0.15, -0.1) is 0 Å². The smallest absolute Gasteiger partial charge is 0.324 e. The third-order valence-electron chi connectivity index (χ3n) is 2.58. The lowest BCUT2D eigenvalue weighted by molar-refractivity contribution is 0.311. The molecule has 0 aromatic carbocycles. The van der Waals surface area contributed by atoms with E-state index >= 15 is 0 Å². The molecule has 1 N–H and O–H groups in total. The summed E-state index contributed by atoms with van der Waals surface area (Å²) in [5, 5.41) is 0. The van der Waals surface area contributed by atoms with Gasteiger partial charge in [-0.2, -0.15) is 0 Å². The molecule has 1 aliphatic carbocycles. The van der Waals surface area contributed by atoms with E-state index in [2.05, 4.69) is 4.52 Å². The third-order valence-corrected chi connectivity index (χ3v) is 3.97. The van der Waals surface area contributed by atoms with Crippen LogP contribution in [-0.4, -0.2) is 18.2 Å². The van der Waals surface area contributed by atoms with Crippen LogP contribution < -0.4 is 0 Å². The summed E-state index contributed by atoms with van der Waals surface area (Å²) in [7, 11) is -1.92. The van der Waals surface area contributed by atoms with E-state index < -0.39 is 7.60 Å². The lowest BCUT2D eigenvalue weighted by Crippen LogP contribution is -1.99. The highest BCUT2D eigenvalue weighted by molar-refractivity contribution is 7.52. The van der Waals surface area contributed by atoms with Crippen molar-refractivity contribution < 1.29 is 14.0 Å². The molecule has 86 valence electrons. The normalized spacial score (nSPS) is 21.1. The Balaban J connectivity index is 0.000000791. The lowest BCUT2D eigenvalue weighted by atomic mass is 10.1. The molecule has 1 aliphatic rings. The topological polar surface area (TPSA) is 46.5 Å². The fourth-order valence-corrected chi connectivity index (χ4v) is 2.61. The molecule has 3 nitrogen and oxygen atoms in total. The first-order valence-corrected chi connectivity index (χ1v) is 7.28. The van der Waals surface area contributed by atoms with E-state index in [9.17, 15) is 4.57 Å². The Morgan fingerprint density at radius 3 is 2.29 bits per heavy atom. The van der Waals surface area contributed by atoms with Crippen LogP contribution in [0, 0.1) is 5.92 Å². The van der Waals surface area contributed by atoms with Crippen LogP contribution in [0.25, 0.3) is 0 Å². The van der Waals surface area contributed by atoms with Crippen LogP contribution in [0.3, 0.4) is 0 Å². The predicted octanol–water partition coefficient (Wildman–Crippen LogP) is 3.42. The Labute approximate surface area is 87.4 Å². The Bertz CT molecular complexity index is 176. The second kappa shape index (κ2) is 7.44. The zero-order chi connectivity index (χ0) is 11.0. The van der Waals surface area contributed by atoms with E-state index in [1.54, 1.807) is 0 Å². The summed E-state index contributed by atoms with van der Waals surface area (Å²) in [5.41, 5.74) is 0. The van der Waals surface area contributed by atoms with Crippen molar-refractivity contribution in [3.05, 3.63) is 0 Å². The minimum absolute atomic E-state index is 0.328. The maximum atomic E-state index is 11.1. The van der Waals surface area contributed by atoms with Crippen molar-refractivity contribution in [2.45, 2.75) is 46.0 Å². The van der Waals surface area contributed by atoms with Gasteiger partial charge < -0.3 is 9.42 Å². The molecular weight excluding hydrogens is 199 g/mol. The van der Waals surface area contributed by atoms with Gasteiger partial charge in [0.2, 0.25) is 0 Å². The van der Waals surface area contributed by atoms with Gasteiger partial charge >= 0.3 is 7.60 Å². The molecule has 0 aromatic heterocycles. The van der Waals surface area contributed by atoms with Crippen LogP contribution >= 0.6 is 7.60 Å². The van der Waals surface area contributed by atoms with Gasteiger partial charge in [-0.05, 0) is 12.3 Å². The van der Waals surface area contributed by atoms with Crippen molar-refractivity contribution in [1.29, 1.82) is 0 Å². The standard InChI is InChI=1S/C8H17O3P.C2H6/c1-11-12(9,10)7-6-8-4-2-3-5-8;1-2/h8H,2-7H2,1H3,(H,9,10);1-2H3. The molecule has 0 spiro atoms. The predicted molar refractivity (Wildman–Crippen MR) is 59.6 cm³/mol. The minimum Gasteiger partial charge on any atom is -0.324 e. The molecule has 0 radical (unpaired) electrons. The maximum absolute atomic E-state index is 11.1. The van der Waals surface area contributed by atoms with Gasteiger partial charge in [0.05, 0.1) is 6.16 Å². The molecule has 0 saturated heterocycles. The summed E-state index contributed by atoms with van der Waals surface area (Å²) in [6.45, 7) is 4.00. The molecule has 1 unspecified atom stereocenters. The first-order valence-electron chi connectivity index (χ1n) is 5.51. The van der Waals surface area contributed by atoms with E-state index in [-0.39, 0.29) is 0 Å². The zero-order valence-electron chi connectivity index (χ0n) is 9.53. The number of hydrogen-bond acceptors (Lipinski definition) is 2. The Morgan fingerprint density at radius 1 is 1.36 bits per heavy atom. The summed E-state index contributed by atoms with van der Waals surface area (Å²) in [6, 6.07) is 0. The van der Waals surface area contributed by atoms with Crippen LogP contribution in [0.5, 0.6) is 0 Å². The molecule has 0 aliphatic heterocycles. The van der Waals surface area contributed by atoms with Crippen molar-refractivity contribution in [3.63, 3.8) is 0 Å². The highest BCUT2D eigenvalue weighted by Gasteiger charge is 2.21. The van der Waals surface area contributed by atoms with Crippen LogP contribution in [-0.2, 0) is 9.09 Å². The van der Waals surface area contributed by atoms with Crippen molar-refractivity contribution in [2.75, 3.05) is 13.3 Å². The van der Waals surface area contributed by atoms with Gasteiger partial charge in [0.15, 0.2) is 0 Å². The summed E-state index contributed by atoms with van der Waals surface area (Å²) in [4.78, 5) is 9.12. The largest absolute Gasteiger partial charge is 0.327 e. The minimum atomic E-state index is -3.23. The van der Waals surface area contributed by atoms with E-state index in [0.29, 0.717) is 12.1 Å². The third kappa shape index (κ3) is 5.79. The molecular formula is C10H23O3P. The molecule has 1 saturated carbocycles. The Morgan fingerprint density at radius 2 is 1.86 bits per heavy atom. The average molecular weight is 222 g/mol. The van der Waals surface area contributed by atoms with E-state index in [1.807, 2.05) is 13.8 Å². The molecule has 0 bridgehead atoms. The molecule has 1 rings (SSSR count). The average Bonchev–Trinajstić information content (AvgIpc) is 2.71. The molecule has 1 fully saturated rings. The second-order valence-electron chi connectivity index (χ2n) is 3.48. The SMILES string of the molecule is CC.COP(=O)(O)CCC1CCCC1. The number of rotatable bonds is 4. The van der Waals surface area contributed by atoms with Crippen LogP contribution in [0.2, 0.25) is 0 Å². The van der Waals surface area contributed by atoms with Crippen LogP contribution in [0.1, 0.15) is 46.0 Å².